The highest BCUT2D eigenvalue weighted by Crippen LogP contribution is 2.38. The van der Waals surface area contributed by atoms with E-state index in [1.54, 1.807) is 7.11 Å². The Morgan fingerprint density at radius 3 is 2.94 bits per heavy atom. The molecule has 0 spiro atoms. The van der Waals surface area contributed by atoms with Crippen LogP contribution in [0.2, 0.25) is 5.02 Å². The van der Waals surface area contributed by atoms with Crippen molar-refractivity contribution in [3.63, 3.8) is 0 Å². The Morgan fingerprint density at radius 2 is 2.25 bits per heavy atom. The highest BCUT2D eigenvalue weighted by Gasteiger charge is 2.20. The molecule has 0 unspecified atom stereocenters. The van der Waals surface area contributed by atoms with Crippen LogP contribution in [0.15, 0.2) is 6.07 Å². The molecule has 1 aromatic rings. The normalized spacial score (nSPS) is 13.9. The molecule has 2 rings (SSSR count). The monoisotopic (exact) mass is 241 g/mol. The molecular weight excluding hydrogens is 226 g/mol. The highest BCUT2D eigenvalue weighted by molar-refractivity contribution is 6.33. The van der Waals surface area contributed by atoms with Crippen molar-refractivity contribution in [2.45, 2.75) is 25.7 Å². The Morgan fingerprint density at radius 1 is 1.44 bits per heavy atom. The lowest BCUT2D eigenvalue weighted by Gasteiger charge is -2.14. The van der Waals surface area contributed by atoms with Crippen LogP contribution in [-0.2, 0) is 24.1 Å². The lowest BCUT2D eigenvalue weighted by atomic mass is 10.0. The predicted molar refractivity (Wildman–Crippen MR) is 63.9 cm³/mol. The molecule has 1 aromatic carbocycles. The quantitative estimate of drug-likeness (QED) is 0.823. The average Bonchev–Trinajstić information content (AvgIpc) is 2.75. The number of methoxy groups -OCH3 is 1. The number of halogens is 1. The van der Waals surface area contributed by atoms with E-state index in [0.717, 1.165) is 35.6 Å². The Bertz CT molecular complexity index is 393. The first kappa shape index (κ1) is 11.7. The number of benzene rings is 1. The highest BCUT2D eigenvalue weighted by atomic mass is 35.5. The summed E-state index contributed by atoms with van der Waals surface area (Å²) in [5.74, 6) is 5.82. The molecule has 88 valence electrons. The molecule has 0 amide bonds. The number of aryl methyl sites for hydroxylation is 1. The maximum Gasteiger partial charge on any atom is 0.141 e. The van der Waals surface area contributed by atoms with Gasteiger partial charge in [0.25, 0.3) is 0 Å². The summed E-state index contributed by atoms with van der Waals surface area (Å²) < 4.78 is 5.37. The molecule has 0 saturated carbocycles. The smallest absolute Gasteiger partial charge is 0.141 e. The van der Waals surface area contributed by atoms with Gasteiger partial charge >= 0.3 is 0 Å². The summed E-state index contributed by atoms with van der Waals surface area (Å²) >= 11 is 6.34. The molecule has 1 aliphatic carbocycles. The van der Waals surface area contributed by atoms with Gasteiger partial charge in [0.2, 0.25) is 0 Å². The van der Waals surface area contributed by atoms with E-state index in [1.165, 1.54) is 17.5 Å². The van der Waals surface area contributed by atoms with Gasteiger partial charge in [-0.1, -0.05) is 17.7 Å². The Labute approximate surface area is 100 Å². The molecule has 0 radical (unpaired) electrons. The number of fused-ring (bicyclic) bond motifs is 1. The van der Waals surface area contributed by atoms with Crippen molar-refractivity contribution in [2.24, 2.45) is 5.90 Å². The zero-order valence-corrected chi connectivity index (χ0v) is 10.1. The van der Waals surface area contributed by atoms with Crippen molar-refractivity contribution in [1.82, 2.24) is 0 Å². The van der Waals surface area contributed by atoms with Crippen LogP contribution in [-0.4, -0.2) is 13.7 Å². The lowest BCUT2D eigenvalue weighted by molar-refractivity contribution is 0.140. The van der Waals surface area contributed by atoms with Gasteiger partial charge in [0.1, 0.15) is 5.75 Å². The van der Waals surface area contributed by atoms with E-state index in [2.05, 4.69) is 10.9 Å². The summed E-state index contributed by atoms with van der Waals surface area (Å²) in [5.41, 5.74) is 3.67. The first-order valence-corrected chi connectivity index (χ1v) is 5.84. The summed E-state index contributed by atoms with van der Waals surface area (Å²) in [5, 5.41) is 0.768. The Kier molecular flexibility index (Phi) is 3.69. The molecule has 0 saturated heterocycles. The predicted octanol–water partition coefficient (Wildman–Crippen LogP) is 2.27. The zero-order chi connectivity index (χ0) is 11.5. The van der Waals surface area contributed by atoms with E-state index in [4.69, 9.17) is 22.2 Å². The van der Waals surface area contributed by atoms with Gasteiger partial charge in [0.15, 0.2) is 0 Å². The molecule has 3 nitrogen and oxygen atoms in total. The molecule has 0 atom stereocenters. The minimum atomic E-state index is 0.478. The van der Waals surface area contributed by atoms with E-state index in [0.29, 0.717) is 6.61 Å². The van der Waals surface area contributed by atoms with Crippen molar-refractivity contribution < 1.29 is 9.57 Å². The van der Waals surface area contributed by atoms with Gasteiger partial charge in [0.05, 0.1) is 18.7 Å². The summed E-state index contributed by atoms with van der Waals surface area (Å²) in [4.78, 5) is 4.61. The van der Waals surface area contributed by atoms with E-state index in [-0.39, 0.29) is 0 Å². The Balaban J connectivity index is 2.39. The molecule has 0 fully saturated rings. The molecule has 16 heavy (non-hydrogen) atoms. The SMILES string of the molecule is COc1c(CCON)cc2c(c1Cl)CCC2. The fourth-order valence-corrected chi connectivity index (χ4v) is 2.72. The molecular formula is C12H16ClNO2. The number of rotatable bonds is 4. The largest absolute Gasteiger partial charge is 0.495 e. The molecule has 0 heterocycles. The van der Waals surface area contributed by atoms with Crippen LogP contribution in [0, 0.1) is 0 Å². The summed E-state index contributed by atoms with van der Waals surface area (Å²) in [6.45, 7) is 0.478. The van der Waals surface area contributed by atoms with Crippen molar-refractivity contribution in [1.29, 1.82) is 0 Å². The second-order valence-electron chi connectivity index (χ2n) is 3.99. The van der Waals surface area contributed by atoms with E-state index >= 15 is 0 Å². The van der Waals surface area contributed by atoms with Crippen molar-refractivity contribution in [3.8, 4) is 5.75 Å². The zero-order valence-electron chi connectivity index (χ0n) is 9.38. The Hall–Kier alpha value is -0.770. The van der Waals surface area contributed by atoms with Crippen molar-refractivity contribution in [3.05, 3.63) is 27.8 Å². The van der Waals surface area contributed by atoms with Gasteiger partial charge in [-0.05, 0) is 36.0 Å². The van der Waals surface area contributed by atoms with Crippen molar-refractivity contribution in [2.75, 3.05) is 13.7 Å². The second-order valence-corrected chi connectivity index (χ2v) is 4.37. The van der Waals surface area contributed by atoms with Gasteiger partial charge < -0.3 is 9.57 Å². The van der Waals surface area contributed by atoms with E-state index < -0.39 is 0 Å². The van der Waals surface area contributed by atoms with Crippen LogP contribution in [0.1, 0.15) is 23.1 Å². The maximum atomic E-state index is 6.34. The van der Waals surface area contributed by atoms with Gasteiger partial charge in [0, 0.05) is 6.42 Å². The van der Waals surface area contributed by atoms with Crippen LogP contribution < -0.4 is 10.6 Å². The first-order valence-electron chi connectivity index (χ1n) is 5.46. The topological polar surface area (TPSA) is 44.5 Å². The van der Waals surface area contributed by atoms with Crippen LogP contribution in [0.5, 0.6) is 5.75 Å². The number of ether oxygens (including phenoxy) is 1. The number of hydrogen-bond donors (Lipinski definition) is 1. The van der Waals surface area contributed by atoms with Gasteiger partial charge in [-0.3, -0.25) is 0 Å². The maximum absolute atomic E-state index is 6.34. The fourth-order valence-electron chi connectivity index (χ4n) is 2.31. The standard InChI is InChI=1S/C12H16ClNO2/c1-15-12-9(5-6-16-14)7-8-3-2-4-10(8)11(12)13/h7H,2-6,14H2,1H3. The average molecular weight is 242 g/mol. The van der Waals surface area contributed by atoms with Gasteiger partial charge in [-0.2, -0.15) is 0 Å². The minimum Gasteiger partial charge on any atom is -0.495 e. The van der Waals surface area contributed by atoms with Gasteiger partial charge in [-0.25, -0.2) is 5.90 Å². The summed E-state index contributed by atoms with van der Waals surface area (Å²) in [7, 11) is 1.65. The van der Waals surface area contributed by atoms with Crippen LogP contribution >= 0.6 is 11.6 Å². The first-order chi connectivity index (χ1) is 7.77. The second kappa shape index (κ2) is 5.04. The van der Waals surface area contributed by atoms with Crippen LogP contribution in [0.25, 0.3) is 0 Å². The fraction of sp³-hybridized carbons (Fsp3) is 0.500. The molecule has 4 heteroatoms. The van der Waals surface area contributed by atoms with E-state index in [9.17, 15) is 0 Å². The third kappa shape index (κ3) is 2.03. The lowest BCUT2D eigenvalue weighted by Crippen LogP contribution is -2.06. The molecule has 2 N–H and O–H groups in total. The molecule has 0 bridgehead atoms. The minimum absolute atomic E-state index is 0.478. The van der Waals surface area contributed by atoms with Crippen molar-refractivity contribution >= 4 is 11.6 Å². The summed E-state index contributed by atoms with van der Waals surface area (Å²) in [6.07, 6.45) is 4.06. The number of nitrogens with two attached hydrogens (primary N) is 1. The number of hydrogen-bond acceptors (Lipinski definition) is 3. The molecule has 0 aliphatic heterocycles. The molecule has 0 aromatic heterocycles. The van der Waals surface area contributed by atoms with Gasteiger partial charge in [-0.15, -0.1) is 0 Å². The van der Waals surface area contributed by atoms with Crippen LogP contribution in [0.4, 0.5) is 0 Å². The van der Waals surface area contributed by atoms with Crippen LogP contribution in [0.3, 0.4) is 0 Å². The summed E-state index contributed by atoms with van der Waals surface area (Å²) in [6, 6.07) is 2.17. The third-order valence-electron chi connectivity index (χ3n) is 3.06. The van der Waals surface area contributed by atoms with E-state index in [1.807, 2.05) is 0 Å². The third-order valence-corrected chi connectivity index (χ3v) is 3.46. The molecule has 1 aliphatic rings.